The van der Waals surface area contributed by atoms with E-state index in [1.807, 2.05) is 24.3 Å². The first-order valence-electron chi connectivity index (χ1n) is 7.66. The fourth-order valence-corrected chi connectivity index (χ4v) is 3.58. The minimum Gasteiger partial charge on any atom is -0.145 e. The van der Waals surface area contributed by atoms with Crippen molar-refractivity contribution in [1.82, 2.24) is 0 Å². The Balaban J connectivity index is 2.06. The van der Waals surface area contributed by atoms with Crippen molar-refractivity contribution in [2.45, 2.75) is 37.5 Å². The Morgan fingerprint density at radius 1 is 0.636 bits per heavy atom. The van der Waals surface area contributed by atoms with Gasteiger partial charge in [-0.3, -0.25) is 0 Å². The van der Waals surface area contributed by atoms with E-state index >= 15 is 0 Å². The van der Waals surface area contributed by atoms with E-state index in [2.05, 4.69) is 10.4 Å². The Bertz CT molecular complexity index is 603. The van der Waals surface area contributed by atoms with Crippen LogP contribution in [0, 0.1) is 9.81 Å². The van der Waals surface area contributed by atoms with Crippen LogP contribution in [0.5, 0.6) is 0 Å². The lowest BCUT2D eigenvalue weighted by Gasteiger charge is -2.38. The molecule has 0 saturated heterocycles. The van der Waals surface area contributed by atoms with Crippen LogP contribution < -0.4 is 0 Å². The van der Waals surface area contributed by atoms with Crippen molar-refractivity contribution >= 4 is 11.4 Å². The monoisotopic (exact) mass is 294 g/mol. The SMILES string of the molecule is O=Nc1ccc(C2(c3ccc(N=O)cc3)CCCCC2)cc1. The molecule has 1 aliphatic carbocycles. The summed E-state index contributed by atoms with van der Waals surface area (Å²) in [4.78, 5) is 21.2. The zero-order valence-electron chi connectivity index (χ0n) is 12.4. The average Bonchev–Trinajstić information content (AvgIpc) is 2.62. The van der Waals surface area contributed by atoms with Gasteiger partial charge in [0.05, 0.1) is 0 Å². The van der Waals surface area contributed by atoms with Crippen molar-refractivity contribution in [3.05, 3.63) is 69.5 Å². The van der Waals surface area contributed by atoms with Crippen molar-refractivity contribution in [2.75, 3.05) is 0 Å². The van der Waals surface area contributed by atoms with Gasteiger partial charge >= 0.3 is 0 Å². The molecule has 0 heterocycles. The summed E-state index contributed by atoms with van der Waals surface area (Å²) in [6.07, 6.45) is 5.77. The number of hydrogen-bond donors (Lipinski definition) is 0. The summed E-state index contributed by atoms with van der Waals surface area (Å²) in [6.45, 7) is 0. The lowest BCUT2D eigenvalue weighted by molar-refractivity contribution is 0.346. The van der Waals surface area contributed by atoms with Crippen LogP contribution in [-0.2, 0) is 5.41 Å². The van der Waals surface area contributed by atoms with E-state index in [9.17, 15) is 9.81 Å². The second-order valence-corrected chi connectivity index (χ2v) is 5.92. The van der Waals surface area contributed by atoms with E-state index in [0.717, 1.165) is 12.8 Å². The van der Waals surface area contributed by atoms with Crippen LogP contribution in [0.15, 0.2) is 58.9 Å². The molecule has 0 bridgehead atoms. The van der Waals surface area contributed by atoms with E-state index in [4.69, 9.17) is 0 Å². The maximum Gasteiger partial charge on any atom is 0.108 e. The largest absolute Gasteiger partial charge is 0.145 e. The highest BCUT2D eigenvalue weighted by Gasteiger charge is 2.35. The number of benzene rings is 2. The van der Waals surface area contributed by atoms with Crippen LogP contribution in [0.3, 0.4) is 0 Å². The average molecular weight is 294 g/mol. The molecule has 112 valence electrons. The molecule has 2 aromatic carbocycles. The summed E-state index contributed by atoms with van der Waals surface area (Å²) in [6, 6.07) is 15.1. The van der Waals surface area contributed by atoms with Gasteiger partial charge < -0.3 is 0 Å². The molecule has 4 heteroatoms. The highest BCUT2D eigenvalue weighted by molar-refractivity contribution is 5.48. The first kappa shape index (κ1) is 14.6. The summed E-state index contributed by atoms with van der Waals surface area (Å²) in [5.74, 6) is 0. The number of nitroso groups, excluding NO2 is 2. The fraction of sp³-hybridized carbons (Fsp3) is 0.333. The molecule has 0 aromatic heterocycles. The van der Waals surface area contributed by atoms with Crippen LogP contribution in [0.2, 0.25) is 0 Å². The molecular weight excluding hydrogens is 276 g/mol. The van der Waals surface area contributed by atoms with Crippen LogP contribution in [0.4, 0.5) is 11.4 Å². The van der Waals surface area contributed by atoms with Crippen LogP contribution in [-0.4, -0.2) is 0 Å². The fourth-order valence-electron chi connectivity index (χ4n) is 3.58. The normalized spacial score (nSPS) is 16.9. The Kier molecular flexibility index (Phi) is 4.09. The van der Waals surface area contributed by atoms with Crippen LogP contribution >= 0.6 is 0 Å². The molecule has 2 aromatic rings. The summed E-state index contributed by atoms with van der Waals surface area (Å²) in [5.41, 5.74) is 3.30. The molecule has 1 aliphatic rings. The topological polar surface area (TPSA) is 58.9 Å². The third-order valence-electron chi connectivity index (χ3n) is 4.76. The highest BCUT2D eigenvalue weighted by atomic mass is 16.3. The molecule has 0 atom stereocenters. The summed E-state index contributed by atoms with van der Waals surface area (Å²) in [5, 5.41) is 5.96. The van der Waals surface area contributed by atoms with Gasteiger partial charge in [-0.1, -0.05) is 43.5 Å². The molecule has 0 amide bonds. The van der Waals surface area contributed by atoms with E-state index < -0.39 is 0 Å². The van der Waals surface area contributed by atoms with Gasteiger partial charge in [0.15, 0.2) is 0 Å². The molecule has 4 nitrogen and oxygen atoms in total. The molecule has 1 saturated carbocycles. The first-order chi connectivity index (χ1) is 10.8. The van der Waals surface area contributed by atoms with Gasteiger partial charge in [-0.2, -0.15) is 0 Å². The van der Waals surface area contributed by atoms with Gasteiger partial charge in [0.25, 0.3) is 0 Å². The van der Waals surface area contributed by atoms with Gasteiger partial charge in [-0.15, -0.1) is 9.81 Å². The Morgan fingerprint density at radius 2 is 1.05 bits per heavy atom. The third-order valence-corrected chi connectivity index (χ3v) is 4.76. The zero-order valence-corrected chi connectivity index (χ0v) is 12.4. The van der Waals surface area contributed by atoms with Crippen molar-refractivity contribution in [1.29, 1.82) is 0 Å². The Hall–Kier alpha value is -2.36. The predicted molar refractivity (Wildman–Crippen MR) is 87.7 cm³/mol. The molecule has 0 aliphatic heterocycles. The standard InChI is InChI=1S/C18H18N2O2/c21-19-16-8-4-14(5-9-16)18(12-2-1-3-13-18)15-6-10-17(20-22)11-7-15/h4-11H,1-3,12-13H2. The number of nitrogens with zero attached hydrogens (tertiary/aromatic N) is 2. The molecule has 0 unspecified atom stereocenters. The molecule has 0 radical (unpaired) electrons. The molecular formula is C18H18N2O2. The molecule has 3 rings (SSSR count). The van der Waals surface area contributed by atoms with E-state index in [1.54, 1.807) is 24.3 Å². The molecule has 1 fully saturated rings. The van der Waals surface area contributed by atoms with E-state index in [0.29, 0.717) is 11.4 Å². The Labute approximate surface area is 129 Å². The third kappa shape index (κ3) is 2.56. The second-order valence-electron chi connectivity index (χ2n) is 5.92. The van der Waals surface area contributed by atoms with Crippen molar-refractivity contribution in [3.8, 4) is 0 Å². The smallest absolute Gasteiger partial charge is 0.108 e. The maximum atomic E-state index is 10.6. The predicted octanol–water partition coefficient (Wildman–Crippen LogP) is 5.73. The molecule has 22 heavy (non-hydrogen) atoms. The number of hydrogen-bond acceptors (Lipinski definition) is 4. The lowest BCUT2D eigenvalue weighted by atomic mass is 9.65. The van der Waals surface area contributed by atoms with Gasteiger partial charge in [-0.25, -0.2) is 0 Å². The Morgan fingerprint density at radius 3 is 1.41 bits per heavy atom. The first-order valence-corrected chi connectivity index (χ1v) is 7.66. The van der Waals surface area contributed by atoms with Crippen molar-refractivity contribution in [3.63, 3.8) is 0 Å². The second kappa shape index (κ2) is 6.18. The summed E-state index contributed by atoms with van der Waals surface area (Å²) < 4.78 is 0. The molecule has 0 spiro atoms. The summed E-state index contributed by atoms with van der Waals surface area (Å²) >= 11 is 0. The highest BCUT2D eigenvalue weighted by Crippen LogP contribution is 2.45. The molecule has 0 N–H and O–H groups in total. The van der Waals surface area contributed by atoms with E-state index in [-0.39, 0.29) is 5.41 Å². The van der Waals surface area contributed by atoms with Gasteiger partial charge in [-0.05, 0) is 58.6 Å². The van der Waals surface area contributed by atoms with Crippen molar-refractivity contribution in [2.24, 2.45) is 10.4 Å². The van der Waals surface area contributed by atoms with Crippen LogP contribution in [0.1, 0.15) is 43.2 Å². The zero-order chi connectivity index (χ0) is 15.4. The minimum atomic E-state index is -0.0406. The lowest BCUT2D eigenvalue weighted by Crippen LogP contribution is -2.30. The quantitative estimate of drug-likeness (QED) is 0.676. The van der Waals surface area contributed by atoms with Gasteiger partial charge in [0.1, 0.15) is 11.4 Å². The van der Waals surface area contributed by atoms with E-state index in [1.165, 1.54) is 30.4 Å². The minimum absolute atomic E-state index is 0.0406. The maximum absolute atomic E-state index is 10.6. The van der Waals surface area contributed by atoms with Gasteiger partial charge in [0, 0.05) is 5.41 Å². The van der Waals surface area contributed by atoms with Gasteiger partial charge in [0.2, 0.25) is 0 Å². The van der Waals surface area contributed by atoms with Crippen molar-refractivity contribution < 1.29 is 0 Å². The number of rotatable bonds is 4. The van der Waals surface area contributed by atoms with Crippen LogP contribution in [0.25, 0.3) is 0 Å². The summed E-state index contributed by atoms with van der Waals surface area (Å²) in [7, 11) is 0.